The van der Waals surface area contributed by atoms with E-state index in [1.807, 2.05) is 6.07 Å². The number of pyridine rings is 1. The second kappa shape index (κ2) is 11.3. The molecule has 1 N–H and O–H groups in total. The molecule has 0 unspecified atom stereocenters. The first-order valence-corrected chi connectivity index (χ1v) is 11.5. The smallest absolute Gasteiger partial charge is 0.255 e. The fourth-order valence-electron chi connectivity index (χ4n) is 3.53. The molecule has 1 aromatic carbocycles. The van der Waals surface area contributed by atoms with Gasteiger partial charge >= 0.3 is 0 Å². The van der Waals surface area contributed by atoms with Gasteiger partial charge in [0.25, 0.3) is 11.8 Å². The van der Waals surface area contributed by atoms with Gasteiger partial charge in [-0.2, -0.15) is 0 Å². The van der Waals surface area contributed by atoms with Crippen molar-refractivity contribution in [1.82, 2.24) is 15.2 Å². The van der Waals surface area contributed by atoms with Crippen LogP contribution < -0.4 is 10.2 Å². The molecule has 0 radical (unpaired) electrons. The number of unbranched alkanes of at least 4 members (excludes halogenated alkanes) is 3. The molecule has 1 aromatic heterocycles. The molecule has 0 atom stereocenters. The zero-order valence-electron chi connectivity index (χ0n) is 17.7. The summed E-state index contributed by atoms with van der Waals surface area (Å²) in [6.45, 7) is 5.28. The number of nitrogens with zero attached hydrogens (tertiary/aromatic N) is 3. The van der Waals surface area contributed by atoms with Gasteiger partial charge in [-0.1, -0.05) is 49.4 Å². The van der Waals surface area contributed by atoms with Crippen molar-refractivity contribution in [3.8, 4) is 0 Å². The molecule has 0 spiro atoms. The molecule has 2 amide bonds. The Morgan fingerprint density at radius 2 is 1.81 bits per heavy atom. The van der Waals surface area contributed by atoms with E-state index in [1.165, 1.54) is 12.8 Å². The summed E-state index contributed by atoms with van der Waals surface area (Å²) in [5.74, 6) is 0.586. The van der Waals surface area contributed by atoms with Crippen LogP contribution in [-0.4, -0.2) is 54.4 Å². The lowest BCUT2D eigenvalue weighted by Crippen LogP contribution is -2.49. The average molecular weight is 463 g/mol. The number of nitrogens with one attached hydrogen (secondary N) is 1. The zero-order valence-corrected chi connectivity index (χ0v) is 19.3. The minimum absolute atomic E-state index is 0.0932. The number of hydrogen-bond acceptors (Lipinski definition) is 4. The number of hydrogen-bond donors (Lipinski definition) is 1. The third-order valence-corrected chi connectivity index (χ3v) is 5.94. The number of piperazine rings is 1. The molecular weight excluding hydrogens is 435 g/mol. The second-order valence-electron chi connectivity index (χ2n) is 7.63. The van der Waals surface area contributed by atoms with Crippen molar-refractivity contribution >= 4 is 40.8 Å². The summed E-state index contributed by atoms with van der Waals surface area (Å²) in [6.07, 6.45) is 6.10. The first-order chi connectivity index (χ1) is 15.0. The van der Waals surface area contributed by atoms with Crippen LogP contribution in [0.3, 0.4) is 0 Å². The van der Waals surface area contributed by atoms with Crippen molar-refractivity contribution < 1.29 is 9.59 Å². The number of carbonyl (C=O) groups excluding carboxylic acids is 2. The van der Waals surface area contributed by atoms with Crippen molar-refractivity contribution in [3.05, 3.63) is 57.7 Å². The summed E-state index contributed by atoms with van der Waals surface area (Å²) in [5.41, 5.74) is 0.981. The molecule has 1 aliphatic rings. The van der Waals surface area contributed by atoms with E-state index < -0.39 is 0 Å². The van der Waals surface area contributed by atoms with E-state index in [0.717, 1.165) is 18.7 Å². The van der Waals surface area contributed by atoms with Crippen LogP contribution in [-0.2, 0) is 0 Å². The van der Waals surface area contributed by atoms with Gasteiger partial charge in [-0.3, -0.25) is 9.59 Å². The van der Waals surface area contributed by atoms with Gasteiger partial charge in [-0.05, 0) is 36.8 Å². The van der Waals surface area contributed by atoms with E-state index in [1.54, 1.807) is 35.4 Å². The Balaban J connectivity index is 1.51. The van der Waals surface area contributed by atoms with E-state index in [2.05, 4.69) is 22.1 Å². The summed E-state index contributed by atoms with van der Waals surface area (Å²) in [6, 6.07) is 8.57. The predicted molar refractivity (Wildman–Crippen MR) is 125 cm³/mol. The molecule has 166 valence electrons. The SMILES string of the molecule is CCCCCCNC(=O)c1ccc(N2CCN(C(=O)c3cc(Cl)ccc3Cl)CC2)nc1. The van der Waals surface area contributed by atoms with Gasteiger partial charge in [0.2, 0.25) is 0 Å². The number of benzene rings is 1. The Kier molecular flexibility index (Phi) is 8.55. The van der Waals surface area contributed by atoms with Crippen LogP contribution in [0, 0.1) is 0 Å². The number of anilines is 1. The standard InChI is InChI=1S/C23H28Cl2N4O2/c1-2-3-4-5-10-26-22(30)17-6-9-21(27-16-17)28-11-13-29(14-12-28)23(31)19-15-18(24)7-8-20(19)25/h6-9,15-16H,2-5,10-14H2,1H3,(H,26,30). The van der Waals surface area contributed by atoms with Crippen LogP contribution in [0.15, 0.2) is 36.5 Å². The number of amides is 2. The van der Waals surface area contributed by atoms with Crippen LogP contribution in [0.5, 0.6) is 0 Å². The largest absolute Gasteiger partial charge is 0.353 e. The molecule has 3 rings (SSSR count). The third kappa shape index (κ3) is 6.34. The van der Waals surface area contributed by atoms with Crippen molar-refractivity contribution in [1.29, 1.82) is 0 Å². The summed E-state index contributed by atoms with van der Waals surface area (Å²) >= 11 is 12.2. The Hall–Kier alpha value is -2.31. The Bertz CT molecular complexity index is 897. The van der Waals surface area contributed by atoms with E-state index in [0.29, 0.717) is 53.9 Å². The van der Waals surface area contributed by atoms with Gasteiger partial charge in [-0.25, -0.2) is 4.98 Å². The zero-order chi connectivity index (χ0) is 22.2. The van der Waals surface area contributed by atoms with Crippen LogP contribution in [0.25, 0.3) is 0 Å². The van der Waals surface area contributed by atoms with Crippen LogP contribution in [0.2, 0.25) is 10.0 Å². The molecule has 0 saturated carbocycles. The molecule has 8 heteroatoms. The fraction of sp³-hybridized carbons (Fsp3) is 0.435. The Morgan fingerprint density at radius 1 is 1.03 bits per heavy atom. The van der Waals surface area contributed by atoms with Crippen molar-refractivity contribution in [2.45, 2.75) is 32.6 Å². The van der Waals surface area contributed by atoms with Gasteiger partial charge < -0.3 is 15.1 Å². The fourth-order valence-corrected chi connectivity index (χ4v) is 3.90. The molecule has 1 fully saturated rings. The lowest BCUT2D eigenvalue weighted by Gasteiger charge is -2.35. The van der Waals surface area contributed by atoms with E-state index >= 15 is 0 Å². The van der Waals surface area contributed by atoms with Gasteiger partial charge in [0, 0.05) is 43.9 Å². The highest BCUT2D eigenvalue weighted by Gasteiger charge is 2.24. The maximum atomic E-state index is 12.8. The van der Waals surface area contributed by atoms with E-state index in [4.69, 9.17) is 23.2 Å². The average Bonchev–Trinajstić information content (AvgIpc) is 2.80. The van der Waals surface area contributed by atoms with Crippen molar-refractivity contribution in [2.24, 2.45) is 0 Å². The third-order valence-electron chi connectivity index (χ3n) is 5.38. The van der Waals surface area contributed by atoms with Crippen molar-refractivity contribution in [3.63, 3.8) is 0 Å². The number of carbonyl (C=O) groups is 2. The molecule has 2 aromatic rings. The van der Waals surface area contributed by atoms with Crippen LogP contribution in [0.1, 0.15) is 53.3 Å². The molecule has 6 nitrogen and oxygen atoms in total. The minimum atomic E-state index is -0.119. The Labute approximate surface area is 193 Å². The molecule has 0 aliphatic carbocycles. The van der Waals surface area contributed by atoms with Crippen LogP contribution in [0.4, 0.5) is 5.82 Å². The van der Waals surface area contributed by atoms with Gasteiger partial charge in [0.15, 0.2) is 0 Å². The second-order valence-corrected chi connectivity index (χ2v) is 8.47. The Morgan fingerprint density at radius 3 is 2.48 bits per heavy atom. The number of rotatable bonds is 8. The highest BCUT2D eigenvalue weighted by molar-refractivity contribution is 6.35. The summed E-state index contributed by atoms with van der Waals surface area (Å²) in [7, 11) is 0. The highest BCUT2D eigenvalue weighted by atomic mass is 35.5. The van der Waals surface area contributed by atoms with Crippen LogP contribution >= 0.6 is 23.2 Å². The maximum absolute atomic E-state index is 12.8. The predicted octanol–water partition coefficient (Wildman–Crippen LogP) is 4.66. The van der Waals surface area contributed by atoms with E-state index in [9.17, 15) is 9.59 Å². The van der Waals surface area contributed by atoms with E-state index in [-0.39, 0.29) is 11.8 Å². The molecule has 2 heterocycles. The monoisotopic (exact) mass is 462 g/mol. The normalized spacial score (nSPS) is 13.9. The first kappa shape index (κ1) is 23.4. The minimum Gasteiger partial charge on any atom is -0.353 e. The highest BCUT2D eigenvalue weighted by Crippen LogP contribution is 2.23. The number of halogens is 2. The molecule has 1 aliphatic heterocycles. The molecule has 1 saturated heterocycles. The molecule has 0 bridgehead atoms. The molecular formula is C23H28Cl2N4O2. The maximum Gasteiger partial charge on any atom is 0.255 e. The van der Waals surface area contributed by atoms with Gasteiger partial charge in [0.05, 0.1) is 16.1 Å². The number of aromatic nitrogens is 1. The van der Waals surface area contributed by atoms with Crippen molar-refractivity contribution in [2.75, 3.05) is 37.6 Å². The lowest BCUT2D eigenvalue weighted by atomic mass is 10.1. The lowest BCUT2D eigenvalue weighted by molar-refractivity contribution is 0.0746. The summed E-state index contributed by atoms with van der Waals surface area (Å²) in [5, 5.41) is 3.83. The quantitative estimate of drug-likeness (QED) is 0.579. The van der Waals surface area contributed by atoms with Gasteiger partial charge in [-0.15, -0.1) is 0 Å². The first-order valence-electron chi connectivity index (χ1n) is 10.7. The topological polar surface area (TPSA) is 65.5 Å². The van der Waals surface area contributed by atoms with Gasteiger partial charge in [0.1, 0.15) is 5.82 Å². The summed E-state index contributed by atoms with van der Waals surface area (Å²) < 4.78 is 0. The molecule has 31 heavy (non-hydrogen) atoms. The summed E-state index contributed by atoms with van der Waals surface area (Å²) in [4.78, 5) is 33.4.